The predicted octanol–water partition coefficient (Wildman–Crippen LogP) is 6.63. The van der Waals surface area contributed by atoms with Crippen molar-refractivity contribution in [2.45, 2.75) is 32.2 Å². The first-order valence-electron chi connectivity index (χ1n) is 12.1. The molecule has 1 aromatic heterocycles. The molecular weight excluding hydrogens is 491 g/mol. The average Bonchev–Trinajstić information content (AvgIpc) is 3.44. The highest BCUT2D eigenvalue weighted by molar-refractivity contribution is 7.22. The van der Waals surface area contributed by atoms with Crippen LogP contribution in [-0.4, -0.2) is 28.4 Å². The molecule has 1 amide bonds. The number of aliphatic hydroxyl groups excluding tert-OH is 1. The van der Waals surface area contributed by atoms with E-state index in [-0.39, 0.29) is 16.5 Å². The zero-order chi connectivity index (χ0) is 25.9. The smallest absolute Gasteiger partial charge is 0.301 e. The van der Waals surface area contributed by atoms with Gasteiger partial charge in [0.15, 0.2) is 5.13 Å². The molecule has 37 heavy (non-hydrogen) atoms. The number of rotatable bonds is 8. The van der Waals surface area contributed by atoms with Gasteiger partial charge in [-0.25, -0.2) is 9.37 Å². The highest BCUT2D eigenvalue weighted by Gasteiger charge is 2.48. The molecule has 4 aromatic rings. The number of Topliss-reactive ketones (excluding diaryl/α,β-unsaturated/α-hetero) is 1. The molecule has 0 spiro atoms. The first kappa shape index (κ1) is 24.6. The standard InChI is InChI=1S/C29H25FN2O4S/c1-2-3-7-16-36-21-13-10-18(11-14-21)25-24(26(33)19-8-5-4-6-9-19)27(34)28(35)32(25)29-31-22-15-12-20(30)17-23(22)37-29/h4-6,8-15,17,25,33H,2-3,7,16H2,1H3/b26-24+. The van der Waals surface area contributed by atoms with Crippen LogP contribution in [0, 0.1) is 5.82 Å². The summed E-state index contributed by atoms with van der Waals surface area (Å²) in [5.41, 5.74) is 1.52. The summed E-state index contributed by atoms with van der Waals surface area (Å²) in [6.07, 6.45) is 3.13. The lowest BCUT2D eigenvalue weighted by Crippen LogP contribution is -2.29. The molecule has 1 unspecified atom stereocenters. The lowest BCUT2D eigenvalue weighted by Gasteiger charge is -2.23. The number of fused-ring (bicyclic) bond motifs is 1. The highest BCUT2D eigenvalue weighted by Crippen LogP contribution is 2.44. The summed E-state index contributed by atoms with van der Waals surface area (Å²) in [5.74, 6) is -1.62. The minimum atomic E-state index is -0.917. The molecule has 1 N–H and O–H groups in total. The van der Waals surface area contributed by atoms with Crippen LogP contribution < -0.4 is 9.64 Å². The van der Waals surface area contributed by atoms with Crippen LogP contribution in [0.4, 0.5) is 9.52 Å². The summed E-state index contributed by atoms with van der Waals surface area (Å²) in [7, 11) is 0. The van der Waals surface area contributed by atoms with Gasteiger partial charge in [-0.1, -0.05) is 73.6 Å². The Balaban J connectivity index is 1.59. The molecule has 0 radical (unpaired) electrons. The molecule has 3 aromatic carbocycles. The van der Waals surface area contributed by atoms with Crippen molar-refractivity contribution in [2.24, 2.45) is 0 Å². The molecule has 5 rings (SSSR count). The van der Waals surface area contributed by atoms with E-state index < -0.39 is 23.5 Å². The summed E-state index contributed by atoms with van der Waals surface area (Å²) < 4.78 is 20.2. The Kier molecular flexibility index (Phi) is 7.01. The fourth-order valence-corrected chi connectivity index (χ4v) is 5.39. The Morgan fingerprint density at radius 1 is 1.05 bits per heavy atom. The fourth-order valence-electron chi connectivity index (χ4n) is 4.37. The van der Waals surface area contributed by atoms with Crippen LogP contribution in [0.25, 0.3) is 16.0 Å². The van der Waals surface area contributed by atoms with Crippen LogP contribution >= 0.6 is 11.3 Å². The van der Waals surface area contributed by atoms with Crippen molar-refractivity contribution in [1.82, 2.24) is 4.98 Å². The van der Waals surface area contributed by atoms with Crippen molar-refractivity contribution >= 4 is 44.1 Å². The molecule has 1 fully saturated rings. The van der Waals surface area contributed by atoms with Gasteiger partial charge in [-0.3, -0.25) is 14.5 Å². The number of unbranched alkanes of at least 4 members (excludes halogenated alkanes) is 2. The maximum atomic E-state index is 13.8. The Labute approximate surface area is 217 Å². The molecule has 0 bridgehead atoms. The third-order valence-electron chi connectivity index (χ3n) is 6.25. The van der Waals surface area contributed by atoms with Crippen LogP contribution in [0.5, 0.6) is 5.75 Å². The third-order valence-corrected chi connectivity index (χ3v) is 7.27. The molecule has 0 saturated carbocycles. The van der Waals surface area contributed by atoms with E-state index in [1.54, 1.807) is 54.6 Å². The van der Waals surface area contributed by atoms with Crippen molar-refractivity contribution in [3.63, 3.8) is 0 Å². The lowest BCUT2D eigenvalue weighted by molar-refractivity contribution is -0.132. The van der Waals surface area contributed by atoms with Crippen LogP contribution in [0.1, 0.15) is 43.4 Å². The average molecular weight is 517 g/mol. The van der Waals surface area contributed by atoms with E-state index in [4.69, 9.17) is 4.74 Å². The van der Waals surface area contributed by atoms with Gasteiger partial charge in [0.05, 0.1) is 28.4 Å². The van der Waals surface area contributed by atoms with Gasteiger partial charge in [-0.15, -0.1) is 0 Å². The molecule has 1 aliphatic heterocycles. The molecule has 1 saturated heterocycles. The number of ether oxygens (including phenoxy) is 1. The van der Waals surface area contributed by atoms with Gasteiger partial charge < -0.3 is 9.84 Å². The summed E-state index contributed by atoms with van der Waals surface area (Å²) in [5, 5.41) is 11.4. The van der Waals surface area contributed by atoms with Crippen LogP contribution in [0.3, 0.4) is 0 Å². The molecule has 1 atom stereocenters. The molecule has 1 aliphatic rings. The van der Waals surface area contributed by atoms with Crippen molar-refractivity contribution < 1.29 is 23.8 Å². The maximum Gasteiger partial charge on any atom is 0.301 e. The zero-order valence-corrected chi connectivity index (χ0v) is 21.0. The summed E-state index contributed by atoms with van der Waals surface area (Å²) in [6, 6.07) is 19.0. The van der Waals surface area contributed by atoms with Crippen molar-refractivity contribution in [1.29, 1.82) is 0 Å². The van der Waals surface area contributed by atoms with E-state index >= 15 is 0 Å². The zero-order valence-electron chi connectivity index (χ0n) is 20.2. The number of halogens is 1. The largest absolute Gasteiger partial charge is 0.507 e. The van der Waals surface area contributed by atoms with Gasteiger partial charge in [0.1, 0.15) is 17.3 Å². The molecular formula is C29H25FN2O4S. The van der Waals surface area contributed by atoms with Gasteiger partial charge in [0.25, 0.3) is 5.78 Å². The number of nitrogens with zero attached hydrogens (tertiary/aromatic N) is 2. The normalized spacial score (nSPS) is 17.0. The molecule has 188 valence electrons. The summed E-state index contributed by atoms with van der Waals surface area (Å²) in [4.78, 5) is 32.5. The predicted molar refractivity (Wildman–Crippen MR) is 142 cm³/mol. The van der Waals surface area contributed by atoms with E-state index in [1.165, 1.54) is 23.1 Å². The van der Waals surface area contributed by atoms with Crippen molar-refractivity contribution in [3.8, 4) is 5.75 Å². The third kappa shape index (κ3) is 4.84. The molecule has 2 heterocycles. The van der Waals surface area contributed by atoms with Crippen molar-refractivity contribution in [3.05, 3.63) is 95.3 Å². The Morgan fingerprint density at radius 2 is 1.81 bits per heavy atom. The highest BCUT2D eigenvalue weighted by atomic mass is 32.1. The SMILES string of the molecule is CCCCCOc1ccc(C2/C(=C(\O)c3ccccc3)C(=O)C(=O)N2c2nc3ccc(F)cc3s2)cc1. The van der Waals surface area contributed by atoms with E-state index in [0.717, 1.165) is 30.6 Å². The number of amides is 1. The molecule has 8 heteroatoms. The second-order valence-corrected chi connectivity index (χ2v) is 9.78. The minimum absolute atomic E-state index is 0.0294. The van der Waals surface area contributed by atoms with E-state index in [0.29, 0.717) is 33.7 Å². The number of anilines is 1. The number of hydrogen-bond acceptors (Lipinski definition) is 6. The number of hydrogen-bond donors (Lipinski definition) is 1. The van der Waals surface area contributed by atoms with Gasteiger partial charge in [-0.2, -0.15) is 0 Å². The Hall–Kier alpha value is -4.04. The van der Waals surface area contributed by atoms with Crippen LogP contribution in [-0.2, 0) is 9.59 Å². The van der Waals surface area contributed by atoms with E-state index in [2.05, 4.69) is 11.9 Å². The van der Waals surface area contributed by atoms with Gasteiger partial charge in [0.2, 0.25) is 0 Å². The lowest BCUT2D eigenvalue weighted by atomic mass is 9.95. The van der Waals surface area contributed by atoms with Crippen LogP contribution in [0.15, 0.2) is 78.4 Å². The number of carbonyl (C=O) groups is 2. The van der Waals surface area contributed by atoms with Crippen molar-refractivity contribution in [2.75, 3.05) is 11.5 Å². The Bertz CT molecular complexity index is 1480. The van der Waals surface area contributed by atoms with Crippen LogP contribution in [0.2, 0.25) is 0 Å². The summed E-state index contributed by atoms with van der Waals surface area (Å²) in [6.45, 7) is 2.73. The number of ketones is 1. The second-order valence-electron chi connectivity index (χ2n) is 8.77. The van der Waals surface area contributed by atoms with Gasteiger partial charge in [-0.05, 0) is 42.3 Å². The topological polar surface area (TPSA) is 79.7 Å². The number of thiazole rings is 1. The Morgan fingerprint density at radius 3 is 2.54 bits per heavy atom. The quantitative estimate of drug-likeness (QED) is 0.123. The maximum absolute atomic E-state index is 13.8. The first-order valence-corrected chi connectivity index (χ1v) is 12.9. The number of aromatic nitrogens is 1. The van der Waals surface area contributed by atoms with E-state index in [9.17, 15) is 19.1 Å². The minimum Gasteiger partial charge on any atom is -0.507 e. The van der Waals surface area contributed by atoms with E-state index in [1.807, 2.05) is 0 Å². The fraction of sp³-hybridized carbons (Fsp3) is 0.207. The number of carbonyl (C=O) groups excluding carboxylic acids is 2. The number of aliphatic hydroxyl groups is 1. The first-order chi connectivity index (χ1) is 18.0. The molecule has 6 nitrogen and oxygen atoms in total. The summed E-state index contributed by atoms with van der Waals surface area (Å²) >= 11 is 1.11. The second kappa shape index (κ2) is 10.5. The van der Waals surface area contributed by atoms with Gasteiger partial charge in [0, 0.05) is 5.56 Å². The number of benzene rings is 3. The van der Waals surface area contributed by atoms with Gasteiger partial charge >= 0.3 is 5.91 Å². The monoisotopic (exact) mass is 516 g/mol. The molecule has 0 aliphatic carbocycles.